The first-order chi connectivity index (χ1) is 15.3. The Kier molecular flexibility index (Phi) is 6.39. The lowest BCUT2D eigenvalue weighted by molar-refractivity contribution is 0.765. The highest BCUT2D eigenvalue weighted by Gasteiger charge is 2.18. The van der Waals surface area contributed by atoms with Gasteiger partial charge in [0.2, 0.25) is 5.95 Å². The fourth-order valence-corrected chi connectivity index (χ4v) is 3.94. The summed E-state index contributed by atoms with van der Waals surface area (Å²) in [6.07, 6.45) is 5.81. The number of anilines is 3. The molecule has 0 aliphatic carbocycles. The maximum atomic E-state index is 9.61. The lowest BCUT2D eigenvalue weighted by atomic mass is 10.1. The van der Waals surface area contributed by atoms with E-state index in [4.69, 9.17) is 0 Å². The summed E-state index contributed by atoms with van der Waals surface area (Å²) in [5.41, 5.74) is 5.73. The molecule has 0 radical (unpaired) electrons. The maximum Gasteiger partial charge on any atom is 0.227 e. The van der Waals surface area contributed by atoms with Crippen molar-refractivity contribution in [3.63, 3.8) is 0 Å². The molecule has 0 bridgehead atoms. The van der Waals surface area contributed by atoms with Gasteiger partial charge in [-0.05, 0) is 48.2 Å². The molecule has 2 aliphatic heterocycles. The minimum Gasteiger partial charge on any atom is -0.356 e. The van der Waals surface area contributed by atoms with Crippen LogP contribution in [0.4, 0.5) is 17.5 Å². The second kappa shape index (κ2) is 9.54. The molecular formula is C24H27N7. The van der Waals surface area contributed by atoms with Gasteiger partial charge in [-0.25, -0.2) is 15.0 Å². The average Bonchev–Trinajstić information content (AvgIpc) is 3.52. The van der Waals surface area contributed by atoms with Crippen molar-refractivity contribution in [2.45, 2.75) is 39.8 Å². The highest BCUT2D eigenvalue weighted by molar-refractivity contribution is 5.67. The van der Waals surface area contributed by atoms with E-state index in [0.29, 0.717) is 11.5 Å². The fraction of sp³-hybridized carbons (Fsp3) is 0.333. The number of nitrogens with one attached hydrogen (secondary N) is 2. The van der Waals surface area contributed by atoms with Gasteiger partial charge in [0.15, 0.2) is 0 Å². The molecule has 0 saturated carbocycles. The minimum atomic E-state index is 0.524. The molecule has 0 spiro atoms. The summed E-state index contributed by atoms with van der Waals surface area (Å²) >= 11 is 0. The predicted octanol–water partition coefficient (Wildman–Crippen LogP) is 4.38. The first-order valence-corrected chi connectivity index (χ1v) is 10.9. The number of nitriles is 1. The van der Waals surface area contributed by atoms with Crippen LogP contribution in [0.15, 0.2) is 42.7 Å². The molecule has 1 aromatic carbocycles. The van der Waals surface area contributed by atoms with Crippen molar-refractivity contribution >= 4 is 17.5 Å². The van der Waals surface area contributed by atoms with Crippen LogP contribution in [-0.2, 0) is 13.1 Å². The monoisotopic (exact) mass is 413 g/mol. The van der Waals surface area contributed by atoms with Crippen LogP contribution in [0.1, 0.15) is 43.4 Å². The number of rotatable bonds is 4. The molecule has 0 amide bonds. The normalized spacial score (nSPS) is 14.4. The van der Waals surface area contributed by atoms with Crippen molar-refractivity contribution in [1.82, 2.24) is 20.3 Å². The Balaban J connectivity index is 0.00000112. The average molecular weight is 414 g/mol. The van der Waals surface area contributed by atoms with E-state index in [1.54, 1.807) is 12.4 Å². The van der Waals surface area contributed by atoms with Gasteiger partial charge in [-0.15, -0.1) is 0 Å². The molecule has 2 N–H and O–H groups in total. The molecule has 7 heteroatoms. The molecule has 1 saturated heterocycles. The van der Waals surface area contributed by atoms with Crippen molar-refractivity contribution in [3.8, 4) is 17.3 Å². The SMILES string of the molecule is CC.N#Cc1cc(-c2ccnc(Nc3ccc4c(c3)CNC4)n2)cnc1N1CCCC1. The number of pyridine rings is 1. The van der Waals surface area contributed by atoms with Crippen molar-refractivity contribution in [3.05, 3.63) is 59.4 Å². The third-order valence-electron chi connectivity index (χ3n) is 5.44. The number of hydrogen-bond acceptors (Lipinski definition) is 7. The van der Waals surface area contributed by atoms with E-state index < -0.39 is 0 Å². The number of fused-ring (bicyclic) bond motifs is 1. The van der Waals surface area contributed by atoms with Crippen LogP contribution in [0.3, 0.4) is 0 Å². The third-order valence-corrected chi connectivity index (χ3v) is 5.44. The Morgan fingerprint density at radius 3 is 2.65 bits per heavy atom. The van der Waals surface area contributed by atoms with Crippen LogP contribution in [0.2, 0.25) is 0 Å². The van der Waals surface area contributed by atoms with E-state index in [2.05, 4.69) is 48.7 Å². The van der Waals surface area contributed by atoms with Crippen LogP contribution in [-0.4, -0.2) is 28.0 Å². The molecule has 2 aromatic heterocycles. The van der Waals surface area contributed by atoms with Crippen LogP contribution >= 0.6 is 0 Å². The Bertz CT molecular complexity index is 1100. The van der Waals surface area contributed by atoms with Gasteiger partial charge in [-0.2, -0.15) is 5.26 Å². The van der Waals surface area contributed by atoms with E-state index in [-0.39, 0.29) is 0 Å². The fourth-order valence-electron chi connectivity index (χ4n) is 3.94. The zero-order valence-electron chi connectivity index (χ0n) is 18.0. The van der Waals surface area contributed by atoms with Gasteiger partial charge in [0.25, 0.3) is 0 Å². The van der Waals surface area contributed by atoms with Crippen molar-refractivity contribution in [2.24, 2.45) is 0 Å². The zero-order chi connectivity index (χ0) is 21.6. The summed E-state index contributed by atoms with van der Waals surface area (Å²) in [7, 11) is 0. The van der Waals surface area contributed by atoms with Crippen LogP contribution < -0.4 is 15.5 Å². The molecule has 4 heterocycles. The van der Waals surface area contributed by atoms with Crippen LogP contribution in [0.25, 0.3) is 11.3 Å². The first kappa shape index (κ1) is 20.8. The smallest absolute Gasteiger partial charge is 0.227 e. The minimum absolute atomic E-state index is 0.524. The molecule has 158 valence electrons. The largest absolute Gasteiger partial charge is 0.356 e. The summed E-state index contributed by atoms with van der Waals surface area (Å²) in [5.74, 6) is 1.29. The molecule has 7 nitrogen and oxygen atoms in total. The van der Waals surface area contributed by atoms with Crippen molar-refractivity contribution < 1.29 is 0 Å². The Morgan fingerprint density at radius 1 is 1.03 bits per heavy atom. The van der Waals surface area contributed by atoms with Gasteiger partial charge >= 0.3 is 0 Å². The standard InChI is InChI=1S/C22H21N7.C2H6/c23-11-16-9-18(14-26-21(16)29-7-1-2-8-29)20-5-6-25-22(28-20)27-19-4-3-15-12-24-13-17(15)10-19;1-2/h3-6,9-10,14,24H,1-2,7-8,12-13H2,(H,25,27,28);1-2H3. The molecule has 1 fully saturated rings. The summed E-state index contributed by atoms with van der Waals surface area (Å²) in [6.45, 7) is 7.72. The third kappa shape index (κ3) is 4.49. The molecule has 3 aromatic rings. The highest BCUT2D eigenvalue weighted by Crippen LogP contribution is 2.27. The topological polar surface area (TPSA) is 89.8 Å². The summed E-state index contributed by atoms with van der Waals surface area (Å²) < 4.78 is 0. The Morgan fingerprint density at radius 2 is 1.84 bits per heavy atom. The van der Waals surface area contributed by atoms with Gasteiger partial charge in [0, 0.05) is 49.8 Å². The zero-order valence-corrected chi connectivity index (χ0v) is 18.0. The molecule has 0 atom stereocenters. The van der Waals surface area contributed by atoms with Crippen molar-refractivity contribution in [1.29, 1.82) is 5.26 Å². The molecule has 5 rings (SSSR count). The summed E-state index contributed by atoms with van der Waals surface area (Å²) in [4.78, 5) is 15.7. The Labute approximate surface area is 183 Å². The second-order valence-electron chi connectivity index (χ2n) is 7.38. The number of benzene rings is 1. The maximum absolute atomic E-state index is 9.61. The van der Waals surface area contributed by atoms with Crippen LogP contribution in [0.5, 0.6) is 0 Å². The predicted molar refractivity (Wildman–Crippen MR) is 123 cm³/mol. The lowest BCUT2D eigenvalue weighted by Gasteiger charge is -2.18. The quantitative estimate of drug-likeness (QED) is 0.656. The Hall–Kier alpha value is -3.50. The molecule has 31 heavy (non-hydrogen) atoms. The first-order valence-electron chi connectivity index (χ1n) is 10.9. The van der Waals surface area contributed by atoms with Crippen molar-refractivity contribution in [2.75, 3.05) is 23.3 Å². The highest BCUT2D eigenvalue weighted by atomic mass is 15.2. The molecule has 2 aliphatic rings. The van der Waals surface area contributed by atoms with E-state index in [1.165, 1.54) is 11.1 Å². The second-order valence-corrected chi connectivity index (χ2v) is 7.38. The van der Waals surface area contributed by atoms with E-state index >= 15 is 0 Å². The van der Waals surface area contributed by atoms with Gasteiger partial charge < -0.3 is 15.5 Å². The van der Waals surface area contributed by atoms with E-state index in [0.717, 1.165) is 61.8 Å². The molecule has 0 unspecified atom stereocenters. The van der Waals surface area contributed by atoms with Crippen LogP contribution in [0, 0.1) is 11.3 Å². The van der Waals surface area contributed by atoms with Gasteiger partial charge in [-0.1, -0.05) is 19.9 Å². The van der Waals surface area contributed by atoms with Gasteiger partial charge in [0.1, 0.15) is 11.9 Å². The summed E-state index contributed by atoms with van der Waals surface area (Å²) in [6, 6.07) is 12.3. The lowest BCUT2D eigenvalue weighted by Crippen LogP contribution is -2.20. The number of aromatic nitrogens is 3. The summed E-state index contributed by atoms with van der Waals surface area (Å²) in [5, 5.41) is 16.2. The molecular weight excluding hydrogens is 386 g/mol. The van der Waals surface area contributed by atoms with E-state index in [9.17, 15) is 5.26 Å². The van der Waals surface area contributed by atoms with Gasteiger partial charge in [0.05, 0.1) is 11.3 Å². The van der Waals surface area contributed by atoms with E-state index in [1.807, 2.05) is 32.0 Å². The number of hydrogen-bond donors (Lipinski definition) is 2. The number of nitrogens with zero attached hydrogens (tertiary/aromatic N) is 5. The van der Waals surface area contributed by atoms with Gasteiger partial charge in [-0.3, -0.25) is 0 Å².